The number of aromatic amines is 1. The van der Waals surface area contributed by atoms with Gasteiger partial charge in [-0.1, -0.05) is 18.6 Å². The number of benzene rings is 1. The number of nitrogens with two attached hydrogens (primary N) is 1. The van der Waals surface area contributed by atoms with E-state index in [-0.39, 0.29) is 5.75 Å². The number of aromatic nitrogens is 2. The van der Waals surface area contributed by atoms with E-state index in [0.717, 1.165) is 5.56 Å². The van der Waals surface area contributed by atoms with E-state index in [9.17, 15) is 8.42 Å². The Morgan fingerprint density at radius 1 is 1.33 bits per heavy atom. The minimum atomic E-state index is -3.27. The van der Waals surface area contributed by atoms with Crippen molar-refractivity contribution in [3.63, 3.8) is 0 Å². The molecule has 2 rings (SSSR count). The summed E-state index contributed by atoms with van der Waals surface area (Å²) < 4.78 is 24.1. The number of nitrogens with one attached hydrogen (secondary N) is 1. The number of sulfone groups is 1. The fraction of sp³-hybridized carbons (Fsp3) is 0.250. The van der Waals surface area contributed by atoms with Gasteiger partial charge in [-0.05, 0) is 19.1 Å². The highest BCUT2D eigenvalue weighted by atomic mass is 32.2. The minimum absolute atomic E-state index is 0.0622. The van der Waals surface area contributed by atoms with Crippen molar-refractivity contribution in [2.75, 3.05) is 11.5 Å². The molecule has 3 N–H and O–H groups in total. The Labute approximate surface area is 106 Å². The Bertz CT molecular complexity index is 674. The van der Waals surface area contributed by atoms with Crippen molar-refractivity contribution in [1.82, 2.24) is 10.2 Å². The van der Waals surface area contributed by atoms with Crippen molar-refractivity contribution >= 4 is 15.7 Å². The van der Waals surface area contributed by atoms with Crippen LogP contribution < -0.4 is 5.73 Å². The van der Waals surface area contributed by atoms with Crippen molar-refractivity contribution < 1.29 is 8.42 Å². The summed E-state index contributed by atoms with van der Waals surface area (Å²) in [5.74, 6) is 0.401. The maximum Gasteiger partial charge on any atom is 0.178 e. The number of rotatable bonds is 3. The zero-order valence-electron chi connectivity index (χ0n) is 10.3. The summed E-state index contributed by atoms with van der Waals surface area (Å²) in [6.45, 7) is 3.53. The second-order valence-corrected chi connectivity index (χ2v) is 6.36. The van der Waals surface area contributed by atoms with Crippen LogP contribution >= 0.6 is 0 Å². The van der Waals surface area contributed by atoms with Crippen LogP contribution in [0.3, 0.4) is 0 Å². The van der Waals surface area contributed by atoms with Gasteiger partial charge in [0.15, 0.2) is 9.84 Å². The van der Waals surface area contributed by atoms with E-state index in [2.05, 4.69) is 10.2 Å². The van der Waals surface area contributed by atoms with Crippen LogP contribution in [0.25, 0.3) is 11.3 Å². The quantitative estimate of drug-likeness (QED) is 0.885. The zero-order valence-corrected chi connectivity index (χ0v) is 11.1. The Balaban J connectivity index is 2.69. The Morgan fingerprint density at radius 3 is 2.61 bits per heavy atom. The van der Waals surface area contributed by atoms with Crippen LogP contribution in [0.1, 0.15) is 12.5 Å². The van der Waals surface area contributed by atoms with Crippen molar-refractivity contribution in [1.29, 1.82) is 0 Å². The monoisotopic (exact) mass is 265 g/mol. The Hall–Kier alpha value is -1.82. The van der Waals surface area contributed by atoms with Crippen LogP contribution in [0.4, 0.5) is 5.82 Å². The molecule has 1 aromatic carbocycles. The molecule has 5 nitrogen and oxygen atoms in total. The number of hydrogen-bond donors (Lipinski definition) is 2. The molecule has 0 saturated heterocycles. The third-order valence-electron chi connectivity index (χ3n) is 2.74. The lowest BCUT2D eigenvalue weighted by molar-refractivity contribution is 0.597. The molecular formula is C12H15N3O2S. The average molecular weight is 265 g/mol. The molecule has 0 fully saturated rings. The van der Waals surface area contributed by atoms with E-state index in [4.69, 9.17) is 5.73 Å². The van der Waals surface area contributed by atoms with E-state index in [1.807, 2.05) is 13.0 Å². The molecule has 0 amide bonds. The molecule has 0 spiro atoms. The van der Waals surface area contributed by atoms with E-state index in [0.29, 0.717) is 22.0 Å². The van der Waals surface area contributed by atoms with Crippen molar-refractivity contribution in [3.8, 4) is 11.3 Å². The molecule has 6 heteroatoms. The molecule has 1 aromatic heterocycles. The zero-order chi connectivity index (χ0) is 13.3. The Kier molecular flexibility index (Phi) is 3.13. The largest absolute Gasteiger partial charge is 0.382 e. The fourth-order valence-electron chi connectivity index (χ4n) is 1.76. The SMILES string of the molecule is CCS(=O)(=O)c1ccc(C)cc1-c1cc(N)n[nH]1. The van der Waals surface area contributed by atoms with Gasteiger partial charge in [-0.2, -0.15) is 5.10 Å². The Morgan fingerprint density at radius 2 is 2.06 bits per heavy atom. The average Bonchev–Trinajstić information content (AvgIpc) is 2.75. The number of nitrogen functional groups attached to an aromatic ring is 1. The van der Waals surface area contributed by atoms with Crippen LogP contribution in [0, 0.1) is 6.92 Å². The van der Waals surface area contributed by atoms with Crippen LogP contribution in [-0.2, 0) is 9.84 Å². The smallest absolute Gasteiger partial charge is 0.178 e. The molecular weight excluding hydrogens is 250 g/mol. The molecule has 0 radical (unpaired) electrons. The molecule has 2 aromatic rings. The summed E-state index contributed by atoms with van der Waals surface area (Å²) in [7, 11) is -3.27. The van der Waals surface area contributed by atoms with Crippen LogP contribution in [0.5, 0.6) is 0 Å². The summed E-state index contributed by atoms with van der Waals surface area (Å²) in [6.07, 6.45) is 0. The molecule has 0 aliphatic rings. The lowest BCUT2D eigenvalue weighted by atomic mass is 10.1. The normalized spacial score (nSPS) is 11.7. The van der Waals surface area contributed by atoms with Gasteiger partial charge in [0, 0.05) is 11.6 Å². The van der Waals surface area contributed by atoms with Gasteiger partial charge in [0.05, 0.1) is 16.3 Å². The first-order chi connectivity index (χ1) is 8.44. The lowest BCUT2D eigenvalue weighted by Gasteiger charge is -2.08. The highest BCUT2D eigenvalue weighted by Gasteiger charge is 2.18. The number of nitrogens with zero attached hydrogens (tertiary/aromatic N) is 1. The second kappa shape index (κ2) is 4.45. The van der Waals surface area contributed by atoms with Gasteiger partial charge in [0.1, 0.15) is 5.82 Å². The molecule has 0 atom stereocenters. The van der Waals surface area contributed by atoms with E-state index < -0.39 is 9.84 Å². The summed E-state index contributed by atoms with van der Waals surface area (Å²) in [4.78, 5) is 0.305. The van der Waals surface area contributed by atoms with Gasteiger partial charge < -0.3 is 5.73 Å². The molecule has 0 aliphatic heterocycles. The summed E-state index contributed by atoms with van der Waals surface area (Å²) in [6, 6.07) is 6.85. The van der Waals surface area contributed by atoms with Gasteiger partial charge in [-0.15, -0.1) is 0 Å². The van der Waals surface area contributed by atoms with Crippen molar-refractivity contribution in [2.45, 2.75) is 18.7 Å². The summed E-state index contributed by atoms with van der Waals surface area (Å²) in [5, 5.41) is 6.58. The third-order valence-corrected chi connectivity index (χ3v) is 4.52. The van der Waals surface area contributed by atoms with E-state index in [1.165, 1.54) is 0 Å². The number of hydrogen-bond acceptors (Lipinski definition) is 4. The maximum absolute atomic E-state index is 12.0. The van der Waals surface area contributed by atoms with E-state index >= 15 is 0 Å². The topological polar surface area (TPSA) is 88.8 Å². The summed E-state index contributed by atoms with van der Waals surface area (Å²) in [5.41, 5.74) is 7.76. The molecule has 0 aliphatic carbocycles. The fourth-order valence-corrected chi connectivity index (χ4v) is 2.85. The molecule has 0 saturated carbocycles. The predicted molar refractivity (Wildman–Crippen MR) is 70.9 cm³/mol. The minimum Gasteiger partial charge on any atom is -0.382 e. The van der Waals surface area contributed by atoms with Crippen molar-refractivity contribution in [2.24, 2.45) is 0 Å². The van der Waals surface area contributed by atoms with Gasteiger partial charge in [-0.25, -0.2) is 8.42 Å². The van der Waals surface area contributed by atoms with Gasteiger partial charge >= 0.3 is 0 Å². The number of H-pyrrole nitrogens is 1. The highest BCUT2D eigenvalue weighted by Crippen LogP contribution is 2.28. The highest BCUT2D eigenvalue weighted by molar-refractivity contribution is 7.91. The van der Waals surface area contributed by atoms with Crippen molar-refractivity contribution in [3.05, 3.63) is 29.8 Å². The number of anilines is 1. The molecule has 1 heterocycles. The first-order valence-corrected chi connectivity index (χ1v) is 7.24. The lowest BCUT2D eigenvalue weighted by Crippen LogP contribution is -2.06. The van der Waals surface area contributed by atoms with Gasteiger partial charge in [-0.3, -0.25) is 5.10 Å². The second-order valence-electron chi connectivity index (χ2n) is 4.11. The third kappa shape index (κ3) is 2.24. The van der Waals surface area contributed by atoms with E-state index in [1.54, 1.807) is 25.1 Å². The van der Waals surface area contributed by atoms with Crippen LogP contribution in [0.15, 0.2) is 29.2 Å². The number of aryl methyl sites for hydroxylation is 1. The first kappa shape index (κ1) is 12.6. The van der Waals surface area contributed by atoms with Gasteiger partial charge in [0.25, 0.3) is 0 Å². The predicted octanol–water partition coefficient (Wildman–Crippen LogP) is 1.76. The van der Waals surface area contributed by atoms with Gasteiger partial charge in [0.2, 0.25) is 0 Å². The summed E-state index contributed by atoms with van der Waals surface area (Å²) >= 11 is 0. The van der Waals surface area contributed by atoms with Crippen LogP contribution in [-0.4, -0.2) is 24.4 Å². The molecule has 96 valence electrons. The van der Waals surface area contributed by atoms with Crippen LogP contribution in [0.2, 0.25) is 0 Å². The molecule has 0 unspecified atom stereocenters. The maximum atomic E-state index is 12.0. The molecule has 18 heavy (non-hydrogen) atoms. The molecule has 0 bridgehead atoms. The standard InChI is InChI=1S/C12H15N3O2S/c1-3-18(16,17)11-5-4-8(2)6-9(11)10-7-12(13)15-14-10/h4-7H,3H2,1-2H3,(H3,13,14,15). The first-order valence-electron chi connectivity index (χ1n) is 5.58.